The summed E-state index contributed by atoms with van der Waals surface area (Å²) in [5, 5.41) is 2.93. The van der Waals surface area contributed by atoms with E-state index in [1.807, 2.05) is 35.9 Å². The second-order valence-electron chi connectivity index (χ2n) is 4.86. The second-order valence-corrected chi connectivity index (χ2v) is 4.86. The summed E-state index contributed by atoms with van der Waals surface area (Å²) in [6, 6.07) is 8.07. The summed E-state index contributed by atoms with van der Waals surface area (Å²) in [5.74, 6) is -0.166. The van der Waals surface area contributed by atoms with Crippen LogP contribution >= 0.6 is 24.8 Å². The number of aromatic nitrogens is 2. The maximum atomic E-state index is 11.8. The molecule has 0 aliphatic rings. The predicted molar refractivity (Wildman–Crippen MR) is 92.3 cm³/mol. The number of nitrogens with one attached hydrogen (secondary N) is 1. The molecule has 0 fully saturated rings. The number of benzene rings is 1. The van der Waals surface area contributed by atoms with E-state index in [2.05, 4.69) is 16.4 Å². The SMILES string of the molecule is CC(CN)C(=O)NCc1ccccc1Cn1ccnc1.Cl.Cl. The zero-order chi connectivity index (χ0) is 14.4. The lowest BCUT2D eigenvalue weighted by molar-refractivity contribution is -0.124. The second kappa shape index (κ2) is 10.2. The van der Waals surface area contributed by atoms with Gasteiger partial charge in [-0.15, -0.1) is 24.8 Å². The van der Waals surface area contributed by atoms with Crippen LogP contribution in [0.15, 0.2) is 43.0 Å². The Bertz CT molecular complexity index is 560. The van der Waals surface area contributed by atoms with Crippen molar-refractivity contribution in [2.24, 2.45) is 11.7 Å². The van der Waals surface area contributed by atoms with Gasteiger partial charge in [-0.1, -0.05) is 31.2 Å². The molecule has 2 aromatic rings. The fourth-order valence-electron chi connectivity index (χ4n) is 1.92. The Kier molecular flexibility index (Phi) is 9.49. The molecule has 0 aliphatic carbocycles. The summed E-state index contributed by atoms with van der Waals surface area (Å²) in [6.45, 7) is 3.46. The Morgan fingerprint density at radius 2 is 2.00 bits per heavy atom. The number of carbonyl (C=O) groups is 1. The van der Waals surface area contributed by atoms with Crippen molar-refractivity contribution < 1.29 is 4.79 Å². The number of carbonyl (C=O) groups excluding carboxylic acids is 1. The van der Waals surface area contributed by atoms with Gasteiger partial charge in [0.2, 0.25) is 5.91 Å². The minimum absolute atomic E-state index is 0. The monoisotopic (exact) mass is 344 g/mol. The van der Waals surface area contributed by atoms with Gasteiger partial charge in [0.1, 0.15) is 0 Å². The zero-order valence-electron chi connectivity index (χ0n) is 12.4. The van der Waals surface area contributed by atoms with E-state index in [1.54, 1.807) is 12.5 Å². The van der Waals surface area contributed by atoms with E-state index in [-0.39, 0.29) is 36.6 Å². The van der Waals surface area contributed by atoms with Crippen LogP contribution in [0.5, 0.6) is 0 Å². The number of halogens is 2. The Morgan fingerprint density at radius 1 is 1.32 bits per heavy atom. The topological polar surface area (TPSA) is 72.9 Å². The first-order valence-electron chi connectivity index (χ1n) is 6.71. The van der Waals surface area contributed by atoms with Gasteiger partial charge in [-0.3, -0.25) is 4.79 Å². The van der Waals surface area contributed by atoms with Gasteiger partial charge in [0.25, 0.3) is 0 Å². The molecule has 5 nitrogen and oxygen atoms in total. The van der Waals surface area contributed by atoms with Crippen LogP contribution in [0.4, 0.5) is 0 Å². The number of amides is 1. The van der Waals surface area contributed by atoms with Crippen molar-refractivity contribution in [1.82, 2.24) is 14.9 Å². The van der Waals surface area contributed by atoms with Crippen LogP contribution in [0.1, 0.15) is 18.1 Å². The molecule has 122 valence electrons. The van der Waals surface area contributed by atoms with E-state index in [9.17, 15) is 4.79 Å². The molecule has 0 saturated heterocycles. The van der Waals surface area contributed by atoms with Gasteiger partial charge in [0.05, 0.1) is 6.33 Å². The van der Waals surface area contributed by atoms with Gasteiger partial charge in [-0.2, -0.15) is 0 Å². The highest BCUT2D eigenvalue weighted by Crippen LogP contribution is 2.10. The van der Waals surface area contributed by atoms with Gasteiger partial charge < -0.3 is 15.6 Å². The Labute approximate surface area is 143 Å². The van der Waals surface area contributed by atoms with Gasteiger partial charge in [-0.25, -0.2) is 4.98 Å². The number of hydrogen-bond acceptors (Lipinski definition) is 3. The Balaban J connectivity index is 0.00000220. The molecule has 0 bridgehead atoms. The molecule has 3 N–H and O–H groups in total. The fourth-order valence-corrected chi connectivity index (χ4v) is 1.92. The van der Waals surface area contributed by atoms with Crippen LogP contribution in [-0.4, -0.2) is 22.0 Å². The molecule has 7 heteroatoms. The predicted octanol–water partition coefficient (Wildman–Crippen LogP) is 1.99. The van der Waals surface area contributed by atoms with Gasteiger partial charge in [-0.05, 0) is 11.1 Å². The highest BCUT2D eigenvalue weighted by atomic mass is 35.5. The first-order valence-corrected chi connectivity index (χ1v) is 6.71. The van der Waals surface area contributed by atoms with Crippen LogP contribution in [0.2, 0.25) is 0 Å². The van der Waals surface area contributed by atoms with E-state index in [1.165, 1.54) is 5.56 Å². The molecule has 1 heterocycles. The van der Waals surface area contributed by atoms with E-state index in [0.717, 1.165) is 12.1 Å². The highest BCUT2D eigenvalue weighted by Gasteiger charge is 2.11. The van der Waals surface area contributed by atoms with Crippen molar-refractivity contribution in [3.63, 3.8) is 0 Å². The Morgan fingerprint density at radius 3 is 2.59 bits per heavy atom. The lowest BCUT2D eigenvalue weighted by atomic mass is 10.1. The molecule has 22 heavy (non-hydrogen) atoms. The number of nitrogens with two attached hydrogens (primary N) is 1. The van der Waals surface area contributed by atoms with E-state index in [4.69, 9.17) is 5.73 Å². The molecule has 1 amide bonds. The third kappa shape index (κ3) is 5.67. The third-order valence-electron chi connectivity index (χ3n) is 3.28. The maximum absolute atomic E-state index is 11.8. The minimum atomic E-state index is -0.157. The van der Waals surface area contributed by atoms with Crippen molar-refractivity contribution in [1.29, 1.82) is 0 Å². The number of nitrogens with zero attached hydrogens (tertiary/aromatic N) is 2. The van der Waals surface area contributed by atoms with Crippen molar-refractivity contribution in [3.8, 4) is 0 Å². The number of hydrogen-bond donors (Lipinski definition) is 2. The molecular weight excluding hydrogens is 323 g/mol. The average Bonchev–Trinajstić information content (AvgIpc) is 2.98. The van der Waals surface area contributed by atoms with Crippen molar-refractivity contribution >= 4 is 30.7 Å². The molecule has 0 saturated carbocycles. The molecule has 1 unspecified atom stereocenters. The molecule has 1 aromatic heterocycles. The van der Waals surface area contributed by atoms with Gasteiger partial charge in [0, 0.05) is 37.9 Å². The summed E-state index contributed by atoms with van der Waals surface area (Å²) in [7, 11) is 0. The standard InChI is InChI=1S/C15H20N4O.2ClH/c1-12(8-16)15(20)18-9-13-4-2-3-5-14(13)10-19-7-6-17-11-19;;/h2-7,11-12H,8-10,16H2,1H3,(H,18,20);2*1H. The molecule has 1 aromatic carbocycles. The van der Waals surface area contributed by atoms with Gasteiger partial charge >= 0.3 is 0 Å². The molecule has 1 atom stereocenters. The summed E-state index contributed by atoms with van der Waals surface area (Å²) in [4.78, 5) is 15.8. The smallest absolute Gasteiger partial charge is 0.224 e. The van der Waals surface area contributed by atoms with Gasteiger partial charge in [0.15, 0.2) is 0 Å². The van der Waals surface area contributed by atoms with Crippen LogP contribution in [-0.2, 0) is 17.9 Å². The van der Waals surface area contributed by atoms with Crippen molar-refractivity contribution in [2.45, 2.75) is 20.0 Å². The number of rotatable bonds is 6. The molecule has 2 rings (SSSR count). The summed E-state index contributed by atoms with van der Waals surface area (Å²) in [6.07, 6.45) is 5.46. The Hall–Kier alpha value is -1.56. The van der Waals surface area contributed by atoms with Crippen LogP contribution in [0, 0.1) is 5.92 Å². The largest absolute Gasteiger partial charge is 0.352 e. The van der Waals surface area contributed by atoms with Crippen molar-refractivity contribution in [3.05, 3.63) is 54.1 Å². The molecule has 0 aliphatic heterocycles. The number of imidazole rings is 1. The van der Waals surface area contributed by atoms with E-state index in [0.29, 0.717) is 13.1 Å². The molecule has 0 radical (unpaired) electrons. The molecule has 0 spiro atoms. The first-order chi connectivity index (χ1) is 9.70. The van der Waals surface area contributed by atoms with Crippen molar-refractivity contribution in [2.75, 3.05) is 6.54 Å². The summed E-state index contributed by atoms with van der Waals surface area (Å²) < 4.78 is 2.00. The van der Waals surface area contributed by atoms with Crippen LogP contribution in [0.25, 0.3) is 0 Å². The summed E-state index contributed by atoms with van der Waals surface area (Å²) >= 11 is 0. The normalized spacial score (nSPS) is 11.0. The maximum Gasteiger partial charge on any atom is 0.224 e. The quantitative estimate of drug-likeness (QED) is 0.841. The fraction of sp³-hybridized carbons (Fsp3) is 0.333. The molecular formula is C15H22Cl2N4O. The highest BCUT2D eigenvalue weighted by molar-refractivity contribution is 5.85. The average molecular weight is 345 g/mol. The lowest BCUT2D eigenvalue weighted by Crippen LogP contribution is -2.33. The minimum Gasteiger partial charge on any atom is -0.352 e. The summed E-state index contributed by atoms with van der Waals surface area (Å²) in [5.41, 5.74) is 7.77. The zero-order valence-corrected chi connectivity index (χ0v) is 14.1. The first kappa shape index (κ1) is 20.4. The van der Waals surface area contributed by atoms with Crippen LogP contribution in [0.3, 0.4) is 0 Å². The third-order valence-corrected chi connectivity index (χ3v) is 3.28. The lowest BCUT2D eigenvalue weighted by Gasteiger charge is -2.13. The van der Waals surface area contributed by atoms with E-state index < -0.39 is 0 Å². The van der Waals surface area contributed by atoms with E-state index >= 15 is 0 Å². The van der Waals surface area contributed by atoms with Crippen LogP contribution < -0.4 is 11.1 Å².